The van der Waals surface area contributed by atoms with E-state index in [9.17, 15) is 9.65 Å². The Balaban J connectivity index is 1.40. The Labute approximate surface area is 190 Å². The Kier molecular flexibility index (Phi) is 5.59. The number of benzene rings is 1. The molecular weight excluding hydrogens is 419 g/mol. The minimum atomic E-state index is -0.437. The highest BCUT2D eigenvalue weighted by atomic mass is 19.1. The van der Waals surface area contributed by atoms with Gasteiger partial charge in [-0.05, 0) is 36.8 Å². The molecule has 1 fully saturated rings. The lowest BCUT2D eigenvalue weighted by Crippen LogP contribution is -2.43. The molecule has 0 saturated carbocycles. The van der Waals surface area contributed by atoms with E-state index in [1.54, 1.807) is 16.7 Å². The fraction of sp³-hybridized carbons (Fsp3) is 0.250. The van der Waals surface area contributed by atoms with Crippen molar-refractivity contribution < 1.29 is 4.39 Å². The number of piperazine rings is 1. The number of imidazole rings is 1. The smallest absolute Gasteiger partial charge is 0.223 e. The monoisotopic (exact) mass is 442 g/mol. The van der Waals surface area contributed by atoms with E-state index < -0.39 is 5.82 Å². The van der Waals surface area contributed by atoms with Crippen LogP contribution in [0, 0.1) is 17.1 Å². The van der Waals surface area contributed by atoms with Gasteiger partial charge in [0.15, 0.2) is 11.5 Å². The minimum absolute atomic E-state index is 0.0533. The summed E-state index contributed by atoms with van der Waals surface area (Å²) in [6.07, 6.45) is 4.69. The third kappa shape index (κ3) is 4.08. The van der Waals surface area contributed by atoms with Crippen LogP contribution in [0.25, 0.3) is 17.0 Å². The second-order valence-electron chi connectivity index (χ2n) is 7.96. The fourth-order valence-corrected chi connectivity index (χ4v) is 4.05. The van der Waals surface area contributed by atoms with Crippen molar-refractivity contribution in [2.75, 3.05) is 36.4 Å². The number of fused-ring (bicyclic) bond motifs is 1. The predicted molar refractivity (Wildman–Crippen MR) is 124 cm³/mol. The second-order valence-corrected chi connectivity index (χ2v) is 7.96. The lowest BCUT2D eigenvalue weighted by Gasteiger charge is -2.29. The van der Waals surface area contributed by atoms with Crippen LogP contribution in [0.4, 0.5) is 16.0 Å². The molecule has 0 radical (unpaired) electrons. The molecule has 3 aromatic heterocycles. The van der Waals surface area contributed by atoms with Crippen molar-refractivity contribution >= 4 is 17.3 Å². The Bertz CT molecular complexity index is 1320. The van der Waals surface area contributed by atoms with Crippen LogP contribution in [0.2, 0.25) is 0 Å². The molecule has 1 aliphatic rings. The molecule has 4 aromatic rings. The molecule has 9 heteroatoms. The molecule has 2 N–H and O–H groups in total. The summed E-state index contributed by atoms with van der Waals surface area (Å²) in [6, 6.07) is 13.5. The van der Waals surface area contributed by atoms with Gasteiger partial charge in [-0.3, -0.25) is 4.40 Å². The Hall–Kier alpha value is -4.03. The maximum Gasteiger partial charge on any atom is 0.223 e. The van der Waals surface area contributed by atoms with Gasteiger partial charge < -0.3 is 15.5 Å². The number of nitrogens with one attached hydrogen (secondary N) is 2. The van der Waals surface area contributed by atoms with Gasteiger partial charge in [-0.15, -0.1) is 0 Å². The van der Waals surface area contributed by atoms with E-state index in [1.807, 2.05) is 6.92 Å². The molecule has 5 rings (SSSR count). The standard InChI is InChI=1S/C24H23FN8/c1-16(17-4-6-19(7-5-17)32-11-8-27-9-12-32)30-24-29-14-18(13-26)22(31-24)21-15-28-23-20(25)3-2-10-33(21)23/h2-7,10,14-16,27H,8-9,11-12H2,1H3,(H,29,30,31)/t16-/m0/s1. The van der Waals surface area contributed by atoms with Crippen molar-refractivity contribution in [2.45, 2.75) is 13.0 Å². The zero-order chi connectivity index (χ0) is 22.8. The molecule has 33 heavy (non-hydrogen) atoms. The number of pyridine rings is 1. The maximum atomic E-state index is 14.1. The van der Waals surface area contributed by atoms with Crippen molar-refractivity contribution in [3.05, 3.63) is 71.9 Å². The number of nitrogens with zero attached hydrogens (tertiary/aromatic N) is 6. The molecule has 1 atom stereocenters. The van der Waals surface area contributed by atoms with Crippen LogP contribution in [-0.4, -0.2) is 45.5 Å². The molecule has 4 heterocycles. The van der Waals surface area contributed by atoms with Crippen molar-refractivity contribution in [1.29, 1.82) is 5.26 Å². The molecule has 1 aliphatic heterocycles. The third-order valence-electron chi connectivity index (χ3n) is 5.86. The van der Waals surface area contributed by atoms with Crippen LogP contribution < -0.4 is 15.5 Å². The van der Waals surface area contributed by atoms with Crippen LogP contribution in [0.15, 0.2) is 55.0 Å². The topological polar surface area (TPSA) is 94.2 Å². The molecular formula is C24H23FN8. The second kappa shape index (κ2) is 8.84. The molecule has 0 amide bonds. The van der Waals surface area contributed by atoms with E-state index in [0.717, 1.165) is 31.7 Å². The first-order chi connectivity index (χ1) is 16.1. The Morgan fingerprint density at radius 1 is 1.12 bits per heavy atom. The first-order valence-electron chi connectivity index (χ1n) is 10.9. The van der Waals surface area contributed by atoms with Crippen molar-refractivity contribution in [1.82, 2.24) is 24.7 Å². The molecule has 0 aliphatic carbocycles. The summed E-state index contributed by atoms with van der Waals surface area (Å²) in [5.74, 6) is -0.0541. The molecule has 0 spiro atoms. The zero-order valence-corrected chi connectivity index (χ0v) is 18.2. The van der Waals surface area contributed by atoms with Crippen LogP contribution in [0.5, 0.6) is 0 Å². The van der Waals surface area contributed by atoms with Gasteiger partial charge in [0.05, 0.1) is 29.7 Å². The molecule has 1 aromatic carbocycles. The highest BCUT2D eigenvalue weighted by Gasteiger charge is 2.17. The highest BCUT2D eigenvalue weighted by molar-refractivity contribution is 5.67. The van der Waals surface area contributed by atoms with Gasteiger partial charge in [-0.1, -0.05) is 12.1 Å². The number of aromatic nitrogens is 4. The summed E-state index contributed by atoms with van der Waals surface area (Å²) >= 11 is 0. The average Bonchev–Trinajstić information content (AvgIpc) is 3.30. The molecule has 8 nitrogen and oxygen atoms in total. The first-order valence-corrected chi connectivity index (χ1v) is 10.9. The van der Waals surface area contributed by atoms with Gasteiger partial charge >= 0.3 is 0 Å². The summed E-state index contributed by atoms with van der Waals surface area (Å²) in [7, 11) is 0. The number of hydrogen-bond donors (Lipinski definition) is 2. The van der Waals surface area contributed by atoms with E-state index in [0.29, 0.717) is 22.9 Å². The SMILES string of the molecule is C[C@H](Nc1ncc(C#N)c(-c2cnc3c(F)cccn23)n1)c1ccc(N2CCNCC2)cc1. The number of anilines is 2. The van der Waals surface area contributed by atoms with Gasteiger partial charge in [0.2, 0.25) is 5.95 Å². The predicted octanol–water partition coefficient (Wildman–Crippen LogP) is 3.38. The fourth-order valence-electron chi connectivity index (χ4n) is 4.05. The van der Waals surface area contributed by atoms with E-state index in [-0.39, 0.29) is 11.7 Å². The van der Waals surface area contributed by atoms with E-state index in [1.165, 1.54) is 24.1 Å². The van der Waals surface area contributed by atoms with E-state index in [4.69, 9.17) is 0 Å². The zero-order valence-electron chi connectivity index (χ0n) is 18.2. The van der Waals surface area contributed by atoms with E-state index in [2.05, 4.69) is 60.8 Å². The Morgan fingerprint density at radius 3 is 2.67 bits per heavy atom. The van der Waals surface area contributed by atoms with Gasteiger partial charge in [0.1, 0.15) is 11.8 Å². The van der Waals surface area contributed by atoms with Crippen LogP contribution >= 0.6 is 0 Å². The number of nitriles is 1. The van der Waals surface area contributed by atoms with Crippen molar-refractivity contribution in [2.24, 2.45) is 0 Å². The van der Waals surface area contributed by atoms with Gasteiger partial charge in [0, 0.05) is 38.1 Å². The van der Waals surface area contributed by atoms with Crippen molar-refractivity contribution in [3.63, 3.8) is 0 Å². The summed E-state index contributed by atoms with van der Waals surface area (Å²) in [6.45, 7) is 6.03. The van der Waals surface area contributed by atoms with Gasteiger partial charge in [-0.25, -0.2) is 19.3 Å². The maximum absolute atomic E-state index is 14.1. The minimum Gasteiger partial charge on any atom is -0.369 e. The number of rotatable bonds is 5. The van der Waals surface area contributed by atoms with Crippen LogP contribution in [-0.2, 0) is 0 Å². The summed E-state index contributed by atoms with van der Waals surface area (Å²) < 4.78 is 15.7. The van der Waals surface area contributed by atoms with E-state index >= 15 is 0 Å². The Morgan fingerprint density at radius 2 is 1.91 bits per heavy atom. The number of hydrogen-bond acceptors (Lipinski definition) is 7. The summed E-state index contributed by atoms with van der Waals surface area (Å²) in [5, 5.41) is 16.2. The molecule has 0 bridgehead atoms. The van der Waals surface area contributed by atoms with Gasteiger partial charge in [-0.2, -0.15) is 5.26 Å². The lowest BCUT2D eigenvalue weighted by molar-refractivity contribution is 0.589. The lowest BCUT2D eigenvalue weighted by atomic mass is 10.1. The summed E-state index contributed by atoms with van der Waals surface area (Å²) in [4.78, 5) is 15.4. The largest absolute Gasteiger partial charge is 0.369 e. The highest BCUT2D eigenvalue weighted by Crippen LogP contribution is 2.26. The average molecular weight is 443 g/mol. The van der Waals surface area contributed by atoms with Gasteiger partial charge in [0.25, 0.3) is 0 Å². The van der Waals surface area contributed by atoms with Crippen LogP contribution in [0.3, 0.4) is 0 Å². The normalized spacial score (nSPS) is 14.8. The molecule has 0 unspecified atom stereocenters. The quantitative estimate of drug-likeness (QED) is 0.489. The molecule has 166 valence electrons. The molecule has 1 saturated heterocycles. The van der Waals surface area contributed by atoms with Crippen molar-refractivity contribution in [3.8, 4) is 17.5 Å². The van der Waals surface area contributed by atoms with Crippen LogP contribution in [0.1, 0.15) is 24.1 Å². The summed E-state index contributed by atoms with van der Waals surface area (Å²) in [5.41, 5.74) is 3.71. The number of halogens is 1. The first kappa shape index (κ1) is 20.8. The third-order valence-corrected chi connectivity index (χ3v) is 5.86.